The molecule has 2 aliphatic heterocycles. The molecule has 0 aliphatic carbocycles. The summed E-state index contributed by atoms with van der Waals surface area (Å²) in [6.07, 6.45) is 2.58. The van der Waals surface area contributed by atoms with Crippen LogP contribution < -0.4 is 10.2 Å². The summed E-state index contributed by atoms with van der Waals surface area (Å²) in [7, 11) is 0. The normalized spacial score (nSPS) is 27.8. The number of rotatable bonds is 1. The molecule has 16 heavy (non-hydrogen) atoms. The average molecular weight is 213 g/mol. The Balaban J connectivity index is 1.89. The Kier molecular flexibility index (Phi) is 2.30. The molecule has 3 heteroatoms. The SMILES string of the molecule is N#Cc1ccc(N2C3CCC2CNC3)cc1. The zero-order valence-corrected chi connectivity index (χ0v) is 9.19. The number of hydrogen-bond acceptors (Lipinski definition) is 3. The first-order valence-corrected chi connectivity index (χ1v) is 5.88. The molecule has 2 heterocycles. The molecular weight excluding hydrogens is 198 g/mol. The minimum Gasteiger partial charge on any atom is -0.363 e. The summed E-state index contributed by atoms with van der Waals surface area (Å²) in [4.78, 5) is 2.53. The Morgan fingerprint density at radius 2 is 1.75 bits per heavy atom. The highest BCUT2D eigenvalue weighted by Crippen LogP contribution is 2.32. The minimum absolute atomic E-state index is 0.645. The third-order valence-corrected chi connectivity index (χ3v) is 3.67. The standard InChI is InChI=1S/C13H15N3/c14-7-10-1-3-11(4-2-10)16-12-5-6-13(16)9-15-8-12/h1-4,12-13,15H,5-6,8-9H2. The molecule has 0 aromatic heterocycles. The van der Waals surface area contributed by atoms with Crippen LogP contribution in [0, 0.1) is 11.3 Å². The van der Waals surface area contributed by atoms with Crippen LogP contribution in [0.3, 0.4) is 0 Å². The second kappa shape index (κ2) is 3.80. The summed E-state index contributed by atoms with van der Waals surface area (Å²) < 4.78 is 0. The van der Waals surface area contributed by atoms with Crippen LogP contribution in [0.2, 0.25) is 0 Å². The molecule has 0 amide bonds. The molecule has 2 bridgehead atoms. The van der Waals surface area contributed by atoms with Gasteiger partial charge in [-0.1, -0.05) is 0 Å². The van der Waals surface area contributed by atoms with Gasteiger partial charge in [0, 0.05) is 30.9 Å². The zero-order valence-electron chi connectivity index (χ0n) is 9.19. The van der Waals surface area contributed by atoms with E-state index in [0.717, 1.165) is 18.7 Å². The second-order valence-electron chi connectivity index (χ2n) is 4.61. The lowest BCUT2D eigenvalue weighted by Crippen LogP contribution is -2.51. The van der Waals surface area contributed by atoms with E-state index in [1.807, 2.05) is 12.1 Å². The van der Waals surface area contributed by atoms with Crippen molar-refractivity contribution in [3.05, 3.63) is 29.8 Å². The fraction of sp³-hybridized carbons (Fsp3) is 0.462. The molecule has 0 spiro atoms. The van der Waals surface area contributed by atoms with Crippen LogP contribution in [0.4, 0.5) is 5.69 Å². The lowest BCUT2D eigenvalue weighted by atomic mass is 10.1. The molecule has 1 aromatic rings. The Hall–Kier alpha value is -1.53. The van der Waals surface area contributed by atoms with Crippen molar-refractivity contribution in [1.82, 2.24) is 5.32 Å². The molecule has 2 unspecified atom stereocenters. The van der Waals surface area contributed by atoms with Gasteiger partial charge in [0.15, 0.2) is 0 Å². The van der Waals surface area contributed by atoms with E-state index in [9.17, 15) is 0 Å². The summed E-state index contributed by atoms with van der Waals surface area (Å²) in [6.45, 7) is 2.19. The molecular formula is C13H15N3. The lowest BCUT2D eigenvalue weighted by molar-refractivity contribution is 0.485. The fourth-order valence-electron chi connectivity index (χ4n) is 2.91. The molecule has 0 saturated carbocycles. The molecule has 2 fully saturated rings. The highest BCUT2D eigenvalue weighted by atomic mass is 15.3. The van der Waals surface area contributed by atoms with Crippen LogP contribution >= 0.6 is 0 Å². The van der Waals surface area contributed by atoms with Crippen molar-refractivity contribution in [3.8, 4) is 6.07 Å². The molecule has 2 saturated heterocycles. The van der Waals surface area contributed by atoms with E-state index in [-0.39, 0.29) is 0 Å². The number of hydrogen-bond donors (Lipinski definition) is 1. The number of fused-ring (bicyclic) bond motifs is 2. The third-order valence-electron chi connectivity index (χ3n) is 3.67. The lowest BCUT2D eigenvalue weighted by Gasteiger charge is -2.37. The molecule has 3 rings (SSSR count). The van der Waals surface area contributed by atoms with Crippen molar-refractivity contribution < 1.29 is 0 Å². The van der Waals surface area contributed by atoms with Gasteiger partial charge in [-0.3, -0.25) is 0 Å². The number of benzene rings is 1. The summed E-state index contributed by atoms with van der Waals surface area (Å²) in [6, 6.07) is 11.4. The molecule has 1 N–H and O–H groups in total. The first-order valence-electron chi connectivity index (χ1n) is 5.88. The Labute approximate surface area is 95.7 Å². The van der Waals surface area contributed by atoms with Crippen LogP contribution in [-0.2, 0) is 0 Å². The number of nitriles is 1. The van der Waals surface area contributed by atoms with Gasteiger partial charge in [-0.2, -0.15) is 5.26 Å². The monoisotopic (exact) mass is 213 g/mol. The van der Waals surface area contributed by atoms with Gasteiger partial charge in [-0.15, -0.1) is 0 Å². The summed E-state index contributed by atoms with van der Waals surface area (Å²) >= 11 is 0. The highest BCUT2D eigenvalue weighted by molar-refractivity contribution is 5.53. The van der Waals surface area contributed by atoms with E-state index in [1.165, 1.54) is 18.5 Å². The maximum atomic E-state index is 8.78. The minimum atomic E-state index is 0.645. The Morgan fingerprint density at radius 1 is 1.12 bits per heavy atom. The van der Waals surface area contributed by atoms with Crippen molar-refractivity contribution in [3.63, 3.8) is 0 Å². The molecule has 1 aromatic carbocycles. The molecule has 2 atom stereocenters. The number of nitrogens with zero attached hydrogens (tertiary/aromatic N) is 2. The van der Waals surface area contributed by atoms with Gasteiger partial charge in [0.05, 0.1) is 11.6 Å². The van der Waals surface area contributed by atoms with E-state index < -0.39 is 0 Å². The van der Waals surface area contributed by atoms with Crippen molar-refractivity contribution in [1.29, 1.82) is 5.26 Å². The van der Waals surface area contributed by atoms with E-state index >= 15 is 0 Å². The first-order chi connectivity index (χ1) is 7.88. The maximum Gasteiger partial charge on any atom is 0.0991 e. The van der Waals surface area contributed by atoms with Gasteiger partial charge in [0.25, 0.3) is 0 Å². The van der Waals surface area contributed by atoms with Crippen LogP contribution in [0.5, 0.6) is 0 Å². The van der Waals surface area contributed by atoms with Crippen molar-refractivity contribution in [2.24, 2.45) is 0 Å². The van der Waals surface area contributed by atoms with Crippen LogP contribution in [0.15, 0.2) is 24.3 Å². The number of anilines is 1. The van der Waals surface area contributed by atoms with Crippen molar-refractivity contribution in [2.75, 3.05) is 18.0 Å². The van der Waals surface area contributed by atoms with Crippen LogP contribution in [0.1, 0.15) is 18.4 Å². The summed E-state index contributed by atoms with van der Waals surface area (Å²) in [5.41, 5.74) is 2.01. The Morgan fingerprint density at radius 3 is 2.31 bits per heavy atom. The summed E-state index contributed by atoms with van der Waals surface area (Å²) in [5, 5.41) is 12.3. The van der Waals surface area contributed by atoms with Crippen LogP contribution in [-0.4, -0.2) is 25.2 Å². The quantitative estimate of drug-likeness (QED) is 0.768. The van der Waals surface area contributed by atoms with E-state index in [2.05, 4.69) is 28.4 Å². The molecule has 82 valence electrons. The van der Waals surface area contributed by atoms with Gasteiger partial charge in [0.1, 0.15) is 0 Å². The Bertz CT molecular complexity index is 402. The van der Waals surface area contributed by atoms with Gasteiger partial charge in [-0.05, 0) is 37.1 Å². The molecule has 0 radical (unpaired) electrons. The number of piperazine rings is 1. The average Bonchev–Trinajstić information content (AvgIpc) is 2.59. The highest BCUT2D eigenvalue weighted by Gasteiger charge is 2.36. The van der Waals surface area contributed by atoms with Gasteiger partial charge in [-0.25, -0.2) is 0 Å². The third kappa shape index (κ3) is 1.46. The fourth-order valence-corrected chi connectivity index (χ4v) is 2.91. The predicted molar refractivity (Wildman–Crippen MR) is 63.3 cm³/mol. The zero-order chi connectivity index (χ0) is 11.0. The van der Waals surface area contributed by atoms with Crippen LogP contribution in [0.25, 0.3) is 0 Å². The first kappa shape index (κ1) is 9.68. The molecule has 3 nitrogen and oxygen atoms in total. The van der Waals surface area contributed by atoms with Gasteiger partial charge >= 0.3 is 0 Å². The van der Waals surface area contributed by atoms with E-state index in [0.29, 0.717) is 12.1 Å². The van der Waals surface area contributed by atoms with E-state index in [4.69, 9.17) is 5.26 Å². The predicted octanol–water partition coefficient (Wildman–Crippen LogP) is 1.50. The largest absolute Gasteiger partial charge is 0.363 e. The number of nitrogens with one attached hydrogen (secondary N) is 1. The van der Waals surface area contributed by atoms with E-state index in [1.54, 1.807) is 0 Å². The topological polar surface area (TPSA) is 39.1 Å². The van der Waals surface area contributed by atoms with Crippen molar-refractivity contribution in [2.45, 2.75) is 24.9 Å². The molecule has 2 aliphatic rings. The maximum absolute atomic E-state index is 8.78. The second-order valence-corrected chi connectivity index (χ2v) is 4.61. The summed E-state index contributed by atoms with van der Waals surface area (Å²) in [5.74, 6) is 0. The van der Waals surface area contributed by atoms with Gasteiger partial charge < -0.3 is 10.2 Å². The van der Waals surface area contributed by atoms with Gasteiger partial charge in [0.2, 0.25) is 0 Å². The van der Waals surface area contributed by atoms with Crippen molar-refractivity contribution >= 4 is 5.69 Å². The smallest absolute Gasteiger partial charge is 0.0991 e.